The Morgan fingerprint density at radius 2 is 1.22 bits per heavy atom. The van der Waals surface area contributed by atoms with Crippen molar-refractivity contribution in [1.29, 1.82) is 0 Å². The van der Waals surface area contributed by atoms with Crippen LogP contribution in [0, 0.1) is 11.6 Å². The predicted octanol–water partition coefficient (Wildman–Crippen LogP) is 4.88. The Morgan fingerprint density at radius 3 is 1.72 bits per heavy atom. The Morgan fingerprint density at radius 1 is 0.690 bits per heavy atom. The van der Waals surface area contributed by atoms with E-state index in [2.05, 4.69) is 45.9 Å². The van der Waals surface area contributed by atoms with Crippen molar-refractivity contribution in [2.75, 3.05) is 24.1 Å². The summed E-state index contributed by atoms with van der Waals surface area (Å²) in [4.78, 5) is 47.0. The van der Waals surface area contributed by atoms with Crippen molar-refractivity contribution in [3.63, 3.8) is 0 Å². The van der Waals surface area contributed by atoms with Crippen LogP contribution in [0.5, 0.6) is 0 Å². The number of benzene rings is 2. The summed E-state index contributed by atoms with van der Waals surface area (Å²) < 4.78 is 29.2. The average Bonchev–Trinajstić information content (AvgIpc) is 3.85. The number of aromatic nitrogens is 6. The molecule has 12 nitrogen and oxygen atoms in total. The van der Waals surface area contributed by atoms with Crippen molar-refractivity contribution in [2.45, 2.75) is 12.8 Å². The van der Waals surface area contributed by atoms with Crippen LogP contribution in [-0.4, -0.2) is 54.8 Å². The van der Waals surface area contributed by atoms with Crippen LogP contribution in [-0.2, 0) is 12.8 Å². The number of nitrogens with zero attached hydrogens (tertiary/aromatic N) is 4. The van der Waals surface area contributed by atoms with Gasteiger partial charge in [-0.1, -0.05) is 11.6 Å². The minimum absolute atomic E-state index is 0. The number of H-pyrrole nitrogens is 2. The van der Waals surface area contributed by atoms with Gasteiger partial charge in [-0.25, -0.2) is 18.7 Å². The van der Waals surface area contributed by atoms with E-state index in [0.717, 1.165) is 27.8 Å². The first kappa shape index (κ1) is 40.0. The summed E-state index contributed by atoms with van der Waals surface area (Å²) >= 11 is 5.95. The van der Waals surface area contributed by atoms with Crippen molar-refractivity contribution in [3.05, 3.63) is 149 Å². The van der Waals surface area contributed by atoms with Gasteiger partial charge in [0.15, 0.2) is 0 Å². The molecule has 10 rings (SSSR count). The van der Waals surface area contributed by atoms with Gasteiger partial charge in [-0.3, -0.25) is 19.6 Å². The fourth-order valence-electron chi connectivity index (χ4n) is 6.70. The maximum Gasteiger partial charge on any atom is 1.00 e. The maximum absolute atomic E-state index is 14.8. The minimum atomic E-state index is -0.402. The third-order valence-corrected chi connectivity index (χ3v) is 9.57. The first-order chi connectivity index (χ1) is 27.7. The molecule has 6 aromatic heterocycles. The van der Waals surface area contributed by atoms with Gasteiger partial charge in [0.1, 0.15) is 22.6 Å². The Hall–Kier alpha value is -6.19. The van der Waals surface area contributed by atoms with E-state index >= 15 is 0 Å². The number of anilines is 3. The minimum Gasteiger partial charge on any atom is -1.00 e. The number of hydrogen-bond donors (Lipinski definition) is 6. The van der Waals surface area contributed by atoms with E-state index in [1.807, 2.05) is 24.3 Å². The van der Waals surface area contributed by atoms with Gasteiger partial charge in [0.05, 0.1) is 62.2 Å². The van der Waals surface area contributed by atoms with Gasteiger partial charge in [-0.15, -0.1) is 0 Å². The van der Waals surface area contributed by atoms with Crippen LogP contribution in [0.1, 0.15) is 33.5 Å². The molecular weight excluding hydrogens is 773 g/mol. The van der Waals surface area contributed by atoms with E-state index in [1.165, 1.54) is 12.1 Å². The molecule has 2 aromatic carbocycles. The number of carbonyl (C=O) groups is 2. The number of carbonyl (C=O) groups excluding carboxylic acids is 2. The number of pyridine rings is 4. The summed E-state index contributed by atoms with van der Waals surface area (Å²) in [7, 11) is 0. The van der Waals surface area contributed by atoms with Crippen molar-refractivity contribution in [1.82, 2.24) is 40.5 Å². The predicted molar refractivity (Wildman–Crippen MR) is 217 cm³/mol. The van der Waals surface area contributed by atoms with Gasteiger partial charge in [0, 0.05) is 66.7 Å². The number of nitrogens with one attached hydrogen (secondary N) is 5. The number of fused-ring (bicyclic) bond motifs is 4. The molecule has 2 amide bonds. The van der Waals surface area contributed by atoms with Crippen LogP contribution in [0.4, 0.5) is 26.0 Å². The van der Waals surface area contributed by atoms with Crippen molar-refractivity contribution < 1.29 is 49.4 Å². The van der Waals surface area contributed by atoms with E-state index in [-0.39, 0.29) is 42.8 Å². The third-order valence-electron chi connectivity index (χ3n) is 9.35. The topological polar surface area (TPSA) is 179 Å². The number of hydrogen-bond acceptors (Lipinski definition) is 8. The summed E-state index contributed by atoms with van der Waals surface area (Å²) in [6.07, 6.45) is 8.07. The van der Waals surface area contributed by atoms with E-state index < -0.39 is 11.6 Å². The normalized spacial score (nSPS) is 12.7. The monoisotopic (exact) mass is 806 g/mol. The molecule has 0 atom stereocenters. The zero-order chi connectivity index (χ0) is 39.5. The number of nitrogen functional groups attached to an aromatic ring is 1. The third kappa shape index (κ3) is 8.55. The molecule has 0 saturated carbocycles. The zero-order valence-corrected chi connectivity index (χ0v) is 33.8. The molecule has 7 N–H and O–H groups in total. The molecule has 0 radical (unpaired) electrons. The smallest absolute Gasteiger partial charge is 1.00 e. The number of nitrogens with two attached hydrogens (primary N) is 1. The fourth-order valence-corrected chi connectivity index (χ4v) is 6.85. The standard InChI is InChI=1S/C21H16FN5O.C16H11ClFN3O.C5H6N2.Na.H/c22-15-5-3-12-4-6-18(25-13-2-1-8-23-11-13)27-20(12)19(15)17-10-14-16(26-17)7-9-24-21(14)28;17-13-4-2-8-1-3-10(18)14(15(8)21-13)12-7-9-11(20-12)5-6-19-16(9)22;6-5-2-1-3-7-4-5;;/h1-6,8,10-11,26H,7,9H2,(H,24,28)(H,25,27);1-4,7,20H,5-6H2,(H,19,22);1-4H,6H2;;/q;;;+1;-1. The van der Waals surface area contributed by atoms with Crippen molar-refractivity contribution in [3.8, 4) is 22.5 Å². The van der Waals surface area contributed by atoms with E-state index in [1.54, 1.807) is 73.3 Å². The number of aromatic amines is 2. The molecule has 0 spiro atoms. The summed E-state index contributed by atoms with van der Waals surface area (Å²) in [5.41, 5.74) is 12.3. The van der Waals surface area contributed by atoms with Gasteiger partial charge in [-0.05, 0) is 84.9 Å². The van der Waals surface area contributed by atoms with Gasteiger partial charge < -0.3 is 33.1 Å². The molecule has 0 unspecified atom stereocenters. The molecule has 286 valence electrons. The summed E-state index contributed by atoms with van der Waals surface area (Å²) in [5.74, 6) is -0.494. The SMILES string of the molecule is Nc1cccnc1.O=C1NCCc2[nH]c(-c3c(F)ccc4ccc(Cl)nc34)cc21.O=C1NCCc2[nH]c(-c3c(F)ccc4ccc(Nc5cccnc5)nc34)cc21.[H-].[Na+]. The van der Waals surface area contributed by atoms with Gasteiger partial charge in [0.2, 0.25) is 0 Å². The molecular formula is C42H34ClF2N10NaO2. The summed E-state index contributed by atoms with van der Waals surface area (Å²) in [6, 6.07) is 24.0. The Bertz CT molecular complexity index is 2790. The summed E-state index contributed by atoms with van der Waals surface area (Å²) in [5, 5.41) is 10.7. The van der Waals surface area contributed by atoms with Crippen LogP contribution in [0.2, 0.25) is 5.15 Å². The maximum atomic E-state index is 14.8. The first-order valence-corrected chi connectivity index (χ1v) is 18.3. The summed E-state index contributed by atoms with van der Waals surface area (Å²) in [6.45, 7) is 1.15. The quantitative estimate of drug-likeness (QED) is 0.108. The van der Waals surface area contributed by atoms with E-state index in [4.69, 9.17) is 17.3 Å². The molecule has 8 aromatic rings. The molecule has 2 aliphatic rings. The number of halogens is 3. The van der Waals surface area contributed by atoms with Crippen molar-refractivity contribution >= 4 is 62.4 Å². The molecule has 8 heterocycles. The van der Waals surface area contributed by atoms with Gasteiger partial charge in [0.25, 0.3) is 11.8 Å². The molecule has 0 saturated heterocycles. The zero-order valence-electron chi connectivity index (χ0n) is 32.0. The molecule has 0 fully saturated rings. The average molecular weight is 807 g/mol. The Balaban J connectivity index is 0.000000168. The molecule has 2 aliphatic heterocycles. The first-order valence-electron chi connectivity index (χ1n) is 17.9. The second-order valence-corrected chi connectivity index (χ2v) is 13.5. The molecule has 0 aliphatic carbocycles. The van der Waals surface area contributed by atoms with Gasteiger partial charge in [-0.2, -0.15) is 0 Å². The van der Waals surface area contributed by atoms with E-state index in [9.17, 15) is 18.4 Å². The van der Waals surface area contributed by atoms with Crippen LogP contribution >= 0.6 is 11.6 Å². The second kappa shape index (κ2) is 17.5. The van der Waals surface area contributed by atoms with Crippen LogP contribution in [0.3, 0.4) is 0 Å². The van der Waals surface area contributed by atoms with Crippen LogP contribution in [0.15, 0.2) is 110 Å². The number of rotatable bonds is 4. The Kier molecular flexibility index (Phi) is 12.1. The van der Waals surface area contributed by atoms with Gasteiger partial charge >= 0.3 is 29.6 Å². The molecule has 16 heteroatoms. The van der Waals surface area contributed by atoms with Crippen molar-refractivity contribution in [2.24, 2.45) is 0 Å². The largest absolute Gasteiger partial charge is 1.00 e. The molecule has 58 heavy (non-hydrogen) atoms. The van der Waals surface area contributed by atoms with Crippen LogP contribution in [0.25, 0.3) is 44.3 Å². The second-order valence-electron chi connectivity index (χ2n) is 13.1. The van der Waals surface area contributed by atoms with Crippen LogP contribution < -0.4 is 51.2 Å². The fraction of sp³-hybridized carbons (Fsp3) is 0.0952. The number of amides is 2. The Labute approximate surface area is 358 Å². The van der Waals surface area contributed by atoms with E-state index in [0.29, 0.717) is 87.3 Å². The molecule has 0 bridgehead atoms.